The van der Waals surface area contributed by atoms with E-state index in [0.717, 1.165) is 77.0 Å². The maximum Gasteiger partial charge on any atom is 0.306 e. The topological polar surface area (TPSA) is 105 Å². The van der Waals surface area contributed by atoms with Crippen molar-refractivity contribution < 1.29 is 38.1 Å². The highest BCUT2D eigenvalue weighted by atomic mass is 35.5. The Morgan fingerprint density at radius 3 is 1.00 bits per heavy atom. The van der Waals surface area contributed by atoms with Crippen LogP contribution in [0, 0.1) is 0 Å². The van der Waals surface area contributed by atoms with Crippen LogP contribution >= 0.6 is 11.6 Å². The minimum Gasteiger partial charge on any atom is -0.462 e. The molecule has 8 nitrogen and oxygen atoms in total. The molecule has 0 spiro atoms. The van der Waals surface area contributed by atoms with Crippen LogP contribution in [0.25, 0.3) is 0 Å². The molecule has 9 heteroatoms. The molecule has 0 fully saturated rings. The zero-order valence-corrected chi connectivity index (χ0v) is 37.4. The van der Waals surface area contributed by atoms with E-state index in [1.165, 1.54) is 103 Å². The van der Waals surface area contributed by atoms with E-state index >= 15 is 0 Å². The molecule has 57 heavy (non-hydrogen) atoms. The second-order valence-electron chi connectivity index (χ2n) is 15.7. The Bertz CT molecular complexity index is 941. The van der Waals surface area contributed by atoms with Crippen molar-refractivity contribution in [1.29, 1.82) is 0 Å². The van der Waals surface area contributed by atoms with Crippen molar-refractivity contribution in [2.24, 2.45) is 0 Å². The first-order valence-electron chi connectivity index (χ1n) is 23.4. The molecule has 0 saturated carbocycles. The molecule has 0 atom stereocenters. The van der Waals surface area contributed by atoms with Crippen molar-refractivity contribution in [3.8, 4) is 0 Å². The summed E-state index contributed by atoms with van der Waals surface area (Å²) in [6, 6.07) is -0.147. The first kappa shape index (κ1) is 54.6. The third kappa shape index (κ3) is 43.1. The Labute approximate surface area is 354 Å². The van der Waals surface area contributed by atoms with Gasteiger partial charge < -0.3 is 18.9 Å². The second-order valence-corrected chi connectivity index (χ2v) is 15.9. The Balaban J connectivity index is 4.34. The molecule has 0 aromatic carbocycles. The summed E-state index contributed by atoms with van der Waals surface area (Å²) >= 11 is 5.41. The van der Waals surface area contributed by atoms with E-state index in [4.69, 9.17) is 30.5 Å². The number of esters is 4. The number of rotatable bonds is 43. The molecule has 0 aromatic heterocycles. The minimum atomic E-state index is -0.848. The normalized spacial score (nSPS) is 11.5. The van der Waals surface area contributed by atoms with Crippen molar-refractivity contribution in [2.45, 2.75) is 238 Å². The largest absolute Gasteiger partial charge is 0.462 e. The van der Waals surface area contributed by atoms with Gasteiger partial charge in [-0.3, -0.25) is 19.2 Å². The number of halogens is 1. The lowest BCUT2D eigenvalue weighted by Crippen LogP contribution is -2.30. The molecule has 0 aliphatic carbocycles. The van der Waals surface area contributed by atoms with Crippen LogP contribution in [-0.4, -0.2) is 49.3 Å². The van der Waals surface area contributed by atoms with Crippen molar-refractivity contribution in [1.82, 2.24) is 0 Å². The Morgan fingerprint density at radius 2 is 0.667 bits per heavy atom. The average Bonchev–Trinajstić information content (AvgIpc) is 3.20. The molecule has 332 valence electrons. The highest BCUT2D eigenvalue weighted by molar-refractivity contribution is 6.17. The zero-order chi connectivity index (χ0) is 41.7. The third-order valence-corrected chi connectivity index (χ3v) is 10.3. The van der Waals surface area contributed by atoms with Crippen LogP contribution in [-0.2, 0) is 38.1 Å². The summed E-state index contributed by atoms with van der Waals surface area (Å²) in [6.45, 7) is 4.22. The average molecular weight is 826 g/mol. The van der Waals surface area contributed by atoms with Crippen LogP contribution in [0.4, 0.5) is 0 Å². The maximum atomic E-state index is 12.6. The van der Waals surface area contributed by atoms with E-state index in [2.05, 4.69) is 38.2 Å². The van der Waals surface area contributed by atoms with Gasteiger partial charge in [0.25, 0.3) is 0 Å². The fourth-order valence-corrected chi connectivity index (χ4v) is 6.70. The molecule has 0 aliphatic rings. The fourth-order valence-electron chi connectivity index (χ4n) is 6.58. The first-order valence-corrected chi connectivity index (χ1v) is 24.0. The first-order chi connectivity index (χ1) is 27.9. The molecule has 0 rings (SSSR count). The van der Waals surface area contributed by atoms with Gasteiger partial charge in [-0.25, -0.2) is 0 Å². The summed E-state index contributed by atoms with van der Waals surface area (Å²) < 4.78 is 21.3. The summed E-state index contributed by atoms with van der Waals surface area (Å²) in [5.74, 6) is -1.42. The van der Waals surface area contributed by atoms with E-state index in [1.54, 1.807) is 0 Å². The lowest BCUT2D eigenvalue weighted by molar-refractivity contribution is -0.167. The summed E-state index contributed by atoms with van der Waals surface area (Å²) in [7, 11) is 0. The number of unbranched alkanes of at least 4 members (excludes halogenated alkanes) is 25. The molecule has 0 N–H and O–H groups in total. The van der Waals surface area contributed by atoms with Crippen LogP contribution in [0.3, 0.4) is 0 Å². The molecule has 0 saturated heterocycles. The quantitative estimate of drug-likeness (QED) is 0.0197. The van der Waals surface area contributed by atoms with E-state index in [0.29, 0.717) is 32.1 Å². The highest BCUT2D eigenvalue weighted by Crippen LogP contribution is 2.14. The Kier molecular flexibility index (Phi) is 42.9. The predicted octanol–water partition coefficient (Wildman–Crippen LogP) is 14.1. The van der Waals surface area contributed by atoms with Crippen LogP contribution in [0.5, 0.6) is 0 Å². The number of allylic oxidation sites excluding steroid dienone is 4. The molecular weight excluding hydrogens is 740 g/mol. The maximum absolute atomic E-state index is 12.6. The van der Waals surface area contributed by atoms with Crippen LogP contribution in [0.2, 0.25) is 0 Å². The number of hydrogen-bond acceptors (Lipinski definition) is 8. The molecule has 0 bridgehead atoms. The van der Waals surface area contributed by atoms with Crippen LogP contribution < -0.4 is 0 Å². The molecular formula is C48H85ClO8. The van der Waals surface area contributed by atoms with Crippen molar-refractivity contribution in [2.75, 3.05) is 19.3 Å². The van der Waals surface area contributed by atoms with E-state index < -0.39 is 12.1 Å². The van der Waals surface area contributed by atoms with E-state index in [1.807, 2.05) is 0 Å². The minimum absolute atomic E-state index is 0.140. The Morgan fingerprint density at radius 1 is 0.386 bits per heavy atom. The van der Waals surface area contributed by atoms with Gasteiger partial charge in [0.1, 0.15) is 13.2 Å². The van der Waals surface area contributed by atoms with E-state index in [9.17, 15) is 19.2 Å². The summed E-state index contributed by atoms with van der Waals surface area (Å²) in [5, 5.41) is 0. The lowest BCUT2D eigenvalue weighted by Gasteiger charge is -2.18. The van der Waals surface area contributed by atoms with Gasteiger partial charge in [-0.15, -0.1) is 0 Å². The van der Waals surface area contributed by atoms with Gasteiger partial charge in [0.15, 0.2) is 12.2 Å². The number of ether oxygens (including phenoxy) is 4. The van der Waals surface area contributed by atoms with Gasteiger partial charge in [-0.1, -0.05) is 165 Å². The lowest BCUT2D eigenvalue weighted by atomic mass is 10.1. The fraction of sp³-hybridized carbons (Fsp3) is 0.833. The van der Waals surface area contributed by atoms with Gasteiger partial charge >= 0.3 is 23.9 Å². The van der Waals surface area contributed by atoms with Gasteiger partial charge in [0.2, 0.25) is 0 Å². The molecule has 0 unspecified atom stereocenters. The molecule has 0 aromatic rings. The summed E-state index contributed by atoms with van der Waals surface area (Å²) in [4.78, 5) is 49.1. The van der Waals surface area contributed by atoms with E-state index in [-0.39, 0.29) is 43.6 Å². The SMILES string of the molecule is CCCCCCCC/C=C\CCCCCCCC(=O)OCC(COC(=O)CCCCCCC/C=C\CCCCCCCC)OC(=O)CCCCCCC(=O)OCCl. The van der Waals surface area contributed by atoms with Gasteiger partial charge in [-0.2, -0.15) is 0 Å². The second kappa shape index (κ2) is 44.7. The highest BCUT2D eigenvalue weighted by Gasteiger charge is 2.19. The summed E-state index contributed by atoms with van der Waals surface area (Å²) in [5.41, 5.74) is 0. The van der Waals surface area contributed by atoms with Crippen molar-refractivity contribution >= 4 is 35.5 Å². The summed E-state index contributed by atoms with van der Waals surface area (Å²) in [6.07, 6.45) is 43.2. The van der Waals surface area contributed by atoms with Crippen molar-refractivity contribution in [3.05, 3.63) is 24.3 Å². The standard InChI is InChI=1S/C48H85ClO8/c1-3-5-7-9-11-13-15-17-19-21-23-25-27-29-33-37-45(50)54-41-44(57-48(53)40-36-32-31-35-39-47(52)56-43-49)42-55-46(51)38-34-30-28-26-24-22-20-18-16-14-12-10-8-6-4-2/h17-20,44H,3-16,21-43H2,1-2H3/b19-17-,20-18-. The molecule has 0 radical (unpaired) electrons. The molecule has 0 amide bonds. The zero-order valence-electron chi connectivity index (χ0n) is 36.7. The molecule has 0 aliphatic heterocycles. The van der Waals surface area contributed by atoms with Crippen molar-refractivity contribution in [3.63, 3.8) is 0 Å². The van der Waals surface area contributed by atoms with Gasteiger partial charge in [-0.05, 0) is 77.0 Å². The van der Waals surface area contributed by atoms with Gasteiger partial charge in [0.05, 0.1) is 0 Å². The third-order valence-electron chi connectivity index (χ3n) is 10.2. The number of alkyl halides is 1. The molecule has 0 heterocycles. The van der Waals surface area contributed by atoms with Crippen LogP contribution in [0.1, 0.15) is 232 Å². The predicted molar refractivity (Wildman–Crippen MR) is 235 cm³/mol. The van der Waals surface area contributed by atoms with Gasteiger partial charge in [0, 0.05) is 25.7 Å². The van der Waals surface area contributed by atoms with Crippen LogP contribution in [0.15, 0.2) is 24.3 Å². The smallest absolute Gasteiger partial charge is 0.306 e. The number of carbonyl (C=O) groups excluding carboxylic acids is 4. The number of carbonyl (C=O) groups is 4. The number of hydrogen-bond donors (Lipinski definition) is 0. The monoisotopic (exact) mass is 825 g/mol. The Hall–Kier alpha value is -2.35.